The van der Waals surface area contributed by atoms with Crippen LogP contribution in [0.5, 0.6) is 11.5 Å². The first kappa shape index (κ1) is 24.8. The topological polar surface area (TPSA) is 71.1 Å². The third kappa shape index (κ3) is 5.95. The Balaban J connectivity index is 1.70. The lowest BCUT2D eigenvalue weighted by Crippen LogP contribution is -2.05. The highest BCUT2D eigenvalue weighted by molar-refractivity contribution is 5.93. The van der Waals surface area contributed by atoms with Crippen molar-refractivity contribution in [2.75, 3.05) is 28.4 Å². The van der Waals surface area contributed by atoms with E-state index in [2.05, 4.69) is 12.1 Å². The molecule has 3 rings (SSSR count). The van der Waals surface area contributed by atoms with Crippen LogP contribution in [0, 0.1) is 0 Å². The van der Waals surface area contributed by atoms with Gasteiger partial charge in [-0.2, -0.15) is 0 Å². The summed E-state index contributed by atoms with van der Waals surface area (Å²) in [5.74, 6) is 0.207. The van der Waals surface area contributed by atoms with Crippen molar-refractivity contribution in [2.24, 2.45) is 0 Å². The van der Waals surface area contributed by atoms with Crippen LogP contribution in [0.25, 0.3) is 0 Å². The van der Waals surface area contributed by atoms with Gasteiger partial charge in [-0.1, -0.05) is 36.4 Å². The SMILES string of the molecule is COC(=O)c1ccc(CCc2ccccc2CCc2ccc(C(=O)OC)c(OC)c2)cc1OC. The van der Waals surface area contributed by atoms with Crippen LogP contribution < -0.4 is 9.47 Å². The van der Waals surface area contributed by atoms with Crippen molar-refractivity contribution in [1.29, 1.82) is 0 Å². The highest BCUT2D eigenvalue weighted by Gasteiger charge is 2.15. The maximum Gasteiger partial charge on any atom is 0.341 e. The fraction of sp³-hybridized carbons (Fsp3) is 0.286. The molecule has 0 aliphatic carbocycles. The number of carbonyl (C=O) groups is 2. The number of hydrogen-bond donors (Lipinski definition) is 0. The molecule has 0 N–H and O–H groups in total. The zero-order chi connectivity index (χ0) is 24.5. The first-order valence-corrected chi connectivity index (χ1v) is 11.1. The van der Waals surface area contributed by atoms with Crippen LogP contribution >= 0.6 is 0 Å². The summed E-state index contributed by atoms with van der Waals surface area (Å²) in [6.07, 6.45) is 3.36. The Kier molecular flexibility index (Phi) is 8.68. The second-order valence-corrected chi connectivity index (χ2v) is 7.82. The van der Waals surface area contributed by atoms with Gasteiger partial charge in [0.25, 0.3) is 0 Å². The molecule has 3 aromatic carbocycles. The van der Waals surface area contributed by atoms with Crippen molar-refractivity contribution in [3.63, 3.8) is 0 Å². The number of rotatable bonds is 10. The Morgan fingerprint density at radius 1 is 0.588 bits per heavy atom. The van der Waals surface area contributed by atoms with Crippen LogP contribution in [0.1, 0.15) is 43.0 Å². The molecule has 0 amide bonds. The molecule has 0 aliphatic rings. The number of ether oxygens (including phenoxy) is 4. The number of hydrogen-bond acceptors (Lipinski definition) is 6. The maximum absolute atomic E-state index is 11.9. The van der Waals surface area contributed by atoms with E-state index >= 15 is 0 Å². The van der Waals surface area contributed by atoms with Gasteiger partial charge in [-0.15, -0.1) is 0 Å². The number of benzene rings is 3. The largest absolute Gasteiger partial charge is 0.496 e. The Labute approximate surface area is 200 Å². The second kappa shape index (κ2) is 11.9. The van der Waals surface area contributed by atoms with Gasteiger partial charge in [0.1, 0.15) is 22.6 Å². The molecule has 0 unspecified atom stereocenters. The van der Waals surface area contributed by atoms with E-state index in [4.69, 9.17) is 18.9 Å². The van der Waals surface area contributed by atoms with Gasteiger partial charge in [-0.3, -0.25) is 0 Å². The predicted molar refractivity (Wildman–Crippen MR) is 130 cm³/mol. The molecule has 0 saturated heterocycles. The van der Waals surface area contributed by atoms with Crippen LogP contribution in [0.4, 0.5) is 0 Å². The molecule has 0 fully saturated rings. The molecule has 0 atom stereocenters. The molecular formula is C28H30O6. The molecule has 34 heavy (non-hydrogen) atoms. The Bertz CT molecular complexity index is 1060. The van der Waals surface area contributed by atoms with Gasteiger partial charge in [0.15, 0.2) is 0 Å². The van der Waals surface area contributed by atoms with Crippen molar-refractivity contribution >= 4 is 11.9 Å². The standard InChI is InChI=1S/C28H30O6/c1-31-25-17-19(11-15-23(25)27(29)33-3)9-13-21-7-5-6-8-22(21)14-10-20-12-16-24(28(30)34-4)26(18-20)32-2/h5-8,11-12,15-18H,9-10,13-14H2,1-4H3. The minimum absolute atomic E-state index is 0.412. The van der Waals surface area contributed by atoms with Gasteiger partial charge in [0, 0.05) is 0 Å². The van der Waals surface area contributed by atoms with E-state index in [0.717, 1.165) is 36.8 Å². The van der Waals surface area contributed by atoms with Crippen LogP contribution in [0.3, 0.4) is 0 Å². The van der Waals surface area contributed by atoms with E-state index in [9.17, 15) is 9.59 Å². The summed E-state index contributed by atoms with van der Waals surface area (Å²) in [4.78, 5) is 23.8. The Morgan fingerprint density at radius 2 is 1.00 bits per heavy atom. The number of esters is 2. The average molecular weight is 463 g/mol. The van der Waals surface area contributed by atoms with Crippen LogP contribution in [-0.4, -0.2) is 40.4 Å². The highest BCUT2D eigenvalue weighted by atomic mass is 16.5. The molecule has 178 valence electrons. The average Bonchev–Trinajstić information content (AvgIpc) is 2.89. The van der Waals surface area contributed by atoms with Gasteiger partial charge >= 0.3 is 11.9 Å². The molecule has 0 saturated carbocycles. The van der Waals surface area contributed by atoms with Gasteiger partial charge in [-0.05, 0) is 72.2 Å². The predicted octanol–water partition coefficient (Wildman–Crippen LogP) is 4.85. The van der Waals surface area contributed by atoms with E-state index in [1.807, 2.05) is 36.4 Å². The van der Waals surface area contributed by atoms with Gasteiger partial charge in [-0.25, -0.2) is 9.59 Å². The molecule has 0 aliphatic heterocycles. The first-order chi connectivity index (χ1) is 16.5. The normalized spacial score (nSPS) is 10.5. The molecule has 0 spiro atoms. The molecule has 6 heteroatoms. The van der Waals surface area contributed by atoms with Gasteiger partial charge < -0.3 is 18.9 Å². The zero-order valence-electron chi connectivity index (χ0n) is 20.1. The summed E-state index contributed by atoms with van der Waals surface area (Å²) in [6.45, 7) is 0. The molecule has 3 aromatic rings. The summed E-state index contributed by atoms with van der Waals surface area (Å²) in [5.41, 5.74) is 5.56. The molecule has 0 aromatic heterocycles. The molecule has 0 heterocycles. The van der Waals surface area contributed by atoms with Gasteiger partial charge in [0.2, 0.25) is 0 Å². The molecule has 0 radical (unpaired) electrons. The monoisotopic (exact) mass is 462 g/mol. The number of carbonyl (C=O) groups excluding carboxylic acids is 2. The minimum Gasteiger partial charge on any atom is -0.496 e. The van der Waals surface area contributed by atoms with Crippen molar-refractivity contribution in [2.45, 2.75) is 25.7 Å². The Hall–Kier alpha value is -3.80. The van der Waals surface area contributed by atoms with Crippen LogP contribution in [0.2, 0.25) is 0 Å². The summed E-state index contributed by atoms with van der Waals surface area (Å²) < 4.78 is 20.4. The molecular weight excluding hydrogens is 432 g/mol. The zero-order valence-corrected chi connectivity index (χ0v) is 20.1. The smallest absolute Gasteiger partial charge is 0.341 e. The molecule has 6 nitrogen and oxygen atoms in total. The summed E-state index contributed by atoms with van der Waals surface area (Å²) in [5, 5.41) is 0. The third-order valence-corrected chi connectivity index (χ3v) is 5.83. The number of methoxy groups -OCH3 is 4. The quantitative estimate of drug-likeness (QED) is 0.401. The maximum atomic E-state index is 11.9. The van der Waals surface area contributed by atoms with Crippen molar-refractivity contribution in [1.82, 2.24) is 0 Å². The lowest BCUT2D eigenvalue weighted by atomic mass is 9.95. The minimum atomic E-state index is -0.412. The van der Waals surface area contributed by atoms with Crippen molar-refractivity contribution in [3.8, 4) is 11.5 Å². The van der Waals surface area contributed by atoms with E-state index < -0.39 is 11.9 Å². The van der Waals surface area contributed by atoms with Crippen LogP contribution in [-0.2, 0) is 35.2 Å². The van der Waals surface area contributed by atoms with Crippen LogP contribution in [0.15, 0.2) is 60.7 Å². The Morgan fingerprint density at radius 3 is 1.35 bits per heavy atom. The fourth-order valence-corrected chi connectivity index (χ4v) is 3.94. The third-order valence-electron chi connectivity index (χ3n) is 5.83. The van der Waals surface area contributed by atoms with E-state index in [-0.39, 0.29) is 0 Å². The van der Waals surface area contributed by atoms with E-state index in [1.54, 1.807) is 26.4 Å². The first-order valence-electron chi connectivity index (χ1n) is 11.1. The molecule has 0 bridgehead atoms. The summed E-state index contributed by atoms with van der Waals surface area (Å²) in [7, 11) is 5.81. The van der Waals surface area contributed by atoms with Crippen molar-refractivity contribution < 1.29 is 28.5 Å². The lowest BCUT2D eigenvalue weighted by Gasteiger charge is -2.13. The van der Waals surface area contributed by atoms with Crippen molar-refractivity contribution in [3.05, 3.63) is 94.0 Å². The number of aryl methyl sites for hydroxylation is 4. The second-order valence-electron chi connectivity index (χ2n) is 7.82. The van der Waals surface area contributed by atoms with E-state index in [0.29, 0.717) is 22.6 Å². The lowest BCUT2D eigenvalue weighted by molar-refractivity contribution is 0.0588. The summed E-state index contributed by atoms with van der Waals surface area (Å²) in [6, 6.07) is 19.6. The van der Waals surface area contributed by atoms with E-state index in [1.165, 1.54) is 25.3 Å². The summed E-state index contributed by atoms with van der Waals surface area (Å²) >= 11 is 0. The van der Waals surface area contributed by atoms with Gasteiger partial charge in [0.05, 0.1) is 28.4 Å². The fourth-order valence-electron chi connectivity index (χ4n) is 3.94. The highest BCUT2D eigenvalue weighted by Crippen LogP contribution is 2.24.